The Labute approximate surface area is 199 Å². The summed E-state index contributed by atoms with van der Waals surface area (Å²) in [7, 11) is -7.82. The molecular weight excluding hydrogens is 480 g/mol. The number of nitrogens with zero attached hydrogens (tertiary/aromatic N) is 2. The summed E-state index contributed by atoms with van der Waals surface area (Å²) in [6.07, 6.45) is 0.164. The minimum Gasteiger partial charge on any atom is -0.224 e. The maximum absolute atomic E-state index is 13.5. The van der Waals surface area contributed by atoms with E-state index in [2.05, 4.69) is 5.10 Å². The number of aryl methyl sites for hydroxylation is 2. The van der Waals surface area contributed by atoms with Crippen molar-refractivity contribution in [1.29, 1.82) is 0 Å². The van der Waals surface area contributed by atoms with Gasteiger partial charge in [0.15, 0.2) is 9.84 Å². The molecule has 6 nitrogen and oxygen atoms in total. The van der Waals surface area contributed by atoms with Crippen molar-refractivity contribution in [2.45, 2.75) is 36.1 Å². The fourth-order valence-corrected chi connectivity index (χ4v) is 6.82. The Morgan fingerprint density at radius 2 is 1.33 bits per heavy atom. The number of benzene rings is 3. The van der Waals surface area contributed by atoms with Crippen molar-refractivity contribution >= 4 is 37.2 Å². The number of sulfone groups is 1. The van der Waals surface area contributed by atoms with Gasteiger partial charge in [-0.25, -0.2) is 8.42 Å². The van der Waals surface area contributed by atoms with Crippen LogP contribution in [-0.4, -0.2) is 38.8 Å². The molecule has 1 atom stereocenters. The summed E-state index contributed by atoms with van der Waals surface area (Å²) in [6, 6.07) is 18.9. The molecule has 0 amide bonds. The molecular formula is C24H23ClN2O4S2. The summed E-state index contributed by atoms with van der Waals surface area (Å²) >= 11 is 5.98. The standard InChI is InChI=1S/C24H23ClN2O4S2/c1-17-3-11-22(12-4-17)32(28,29)16-21-15-24(19-7-9-20(25)10-8-19)26-27(21)33(30,31)23-13-5-18(2)6-14-23/h3-14,21H,15-16H2,1-2H3/t21-/m1/s1. The van der Waals surface area contributed by atoms with Crippen molar-refractivity contribution in [3.63, 3.8) is 0 Å². The number of hydrogen-bond acceptors (Lipinski definition) is 5. The second kappa shape index (κ2) is 8.93. The van der Waals surface area contributed by atoms with Crippen LogP contribution in [0.2, 0.25) is 5.02 Å². The molecule has 0 fully saturated rings. The SMILES string of the molecule is Cc1ccc(S(=O)(=O)C[C@H]2CC(c3ccc(Cl)cc3)=NN2S(=O)(=O)c2ccc(C)cc2)cc1. The summed E-state index contributed by atoms with van der Waals surface area (Å²) in [5, 5.41) is 4.93. The highest BCUT2D eigenvalue weighted by atomic mass is 35.5. The Kier molecular flexibility index (Phi) is 6.35. The van der Waals surface area contributed by atoms with Crippen molar-refractivity contribution in [3.8, 4) is 0 Å². The number of sulfonamides is 1. The van der Waals surface area contributed by atoms with E-state index in [9.17, 15) is 16.8 Å². The van der Waals surface area contributed by atoms with Gasteiger partial charge in [-0.05, 0) is 55.8 Å². The first kappa shape index (κ1) is 23.5. The molecule has 33 heavy (non-hydrogen) atoms. The number of rotatable bonds is 6. The summed E-state index contributed by atoms with van der Waals surface area (Å²) in [4.78, 5) is 0.215. The third-order valence-corrected chi connectivity index (χ3v) is 9.30. The van der Waals surface area contributed by atoms with E-state index in [1.165, 1.54) is 12.1 Å². The van der Waals surface area contributed by atoms with Gasteiger partial charge in [-0.1, -0.05) is 59.1 Å². The maximum Gasteiger partial charge on any atom is 0.279 e. The largest absolute Gasteiger partial charge is 0.279 e. The highest BCUT2D eigenvalue weighted by molar-refractivity contribution is 7.91. The fraction of sp³-hybridized carbons (Fsp3) is 0.208. The number of hydrazone groups is 1. The lowest BCUT2D eigenvalue weighted by Gasteiger charge is -2.23. The van der Waals surface area contributed by atoms with Crippen LogP contribution in [0.25, 0.3) is 0 Å². The van der Waals surface area contributed by atoms with Crippen molar-refractivity contribution in [2.75, 3.05) is 5.75 Å². The average Bonchev–Trinajstić information content (AvgIpc) is 3.19. The summed E-state index contributed by atoms with van der Waals surface area (Å²) in [5.74, 6) is -0.387. The lowest BCUT2D eigenvalue weighted by molar-refractivity contribution is 0.383. The maximum atomic E-state index is 13.5. The molecule has 0 aliphatic carbocycles. The zero-order valence-electron chi connectivity index (χ0n) is 18.1. The first-order valence-electron chi connectivity index (χ1n) is 10.3. The quantitative estimate of drug-likeness (QED) is 0.493. The molecule has 0 saturated heterocycles. The highest BCUT2D eigenvalue weighted by Crippen LogP contribution is 2.30. The lowest BCUT2D eigenvalue weighted by atomic mass is 10.1. The average molecular weight is 503 g/mol. The third kappa shape index (κ3) is 4.98. The zero-order chi connectivity index (χ0) is 23.8. The van der Waals surface area contributed by atoms with Crippen LogP contribution in [0.3, 0.4) is 0 Å². The molecule has 0 saturated carbocycles. The molecule has 3 aromatic rings. The first-order chi connectivity index (χ1) is 15.6. The Bertz CT molecular complexity index is 1400. The number of hydrogen-bond donors (Lipinski definition) is 0. The molecule has 0 radical (unpaired) electrons. The molecule has 0 bridgehead atoms. The summed E-state index contributed by atoms with van der Waals surface area (Å²) < 4.78 is 54.2. The van der Waals surface area contributed by atoms with Crippen LogP contribution in [0, 0.1) is 13.8 Å². The van der Waals surface area contributed by atoms with Gasteiger partial charge in [-0.3, -0.25) is 0 Å². The van der Waals surface area contributed by atoms with E-state index in [-0.39, 0.29) is 22.0 Å². The van der Waals surface area contributed by atoms with E-state index < -0.39 is 25.9 Å². The normalized spacial score (nSPS) is 16.6. The van der Waals surface area contributed by atoms with Gasteiger partial charge in [0.25, 0.3) is 10.0 Å². The Morgan fingerprint density at radius 1 is 0.818 bits per heavy atom. The predicted molar refractivity (Wildman–Crippen MR) is 130 cm³/mol. The van der Waals surface area contributed by atoms with Gasteiger partial charge < -0.3 is 0 Å². The molecule has 1 aliphatic rings. The van der Waals surface area contributed by atoms with E-state index in [1.807, 2.05) is 13.8 Å². The third-order valence-electron chi connectivity index (χ3n) is 5.50. The van der Waals surface area contributed by atoms with Gasteiger partial charge in [-0.2, -0.15) is 17.9 Å². The lowest BCUT2D eigenvalue weighted by Crippen LogP contribution is -2.37. The molecule has 0 spiro atoms. The van der Waals surface area contributed by atoms with E-state index in [0.29, 0.717) is 16.3 Å². The van der Waals surface area contributed by atoms with Crippen molar-refractivity contribution < 1.29 is 16.8 Å². The van der Waals surface area contributed by atoms with Crippen LogP contribution in [0.5, 0.6) is 0 Å². The second-order valence-electron chi connectivity index (χ2n) is 8.10. The molecule has 0 unspecified atom stereocenters. The predicted octanol–water partition coefficient (Wildman–Crippen LogP) is 4.60. The van der Waals surface area contributed by atoms with Crippen molar-refractivity contribution in [2.24, 2.45) is 5.10 Å². The van der Waals surface area contributed by atoms with Gasteiger partial charge in [0.1, 0.15) is 0 Å². The molecule has 4 rings (SSSR count). The topological polar surface area (TPSA) is 83.9 Å². The van der Waals surface area contributed by atoms with E-state index >= 15 is 0 Å². The molecule has 9 heteroatoms. The Hall–Kier alpha value is -2.68. The van der Waals surface area contributed by atoms with Crippen LogP contribution in [0.4, 0.5) is 0 Å². The van der Waals surface area contributed by atoms with Gasteiger partial charge >= 0.3 is 0 Å². The van der Waals surface area contributed by atoms with Gasteiger partial charge in [0, 0.05) is 11.4 Å². The van der Waals surface area contributed by atoms with E-state index in [0.717, 1.165) is 15.5 Å². The summed E-state index contributed by atoms with van der Waals surface area (Å²) in [6.45, 7) is 3.73. The van der Waals surface area contributed by atoms with Crippen LogP contribution in [0.15, 0.2) is 87.7 Å². The zero-order valence-corrected chi connectivity index (χ0v) is 20.5. The van der Waals surface area contributed by atoms with Gasteiger partial charge in [0.05, 0.1) is 27.3 Å². The Morgan fingerprint density at radius 3 is 1.88 bits per heavy atom. The summed E-state index contributed by atoms with van der Waals surface area (Å²) in [5.41, 5.74) is 3.04. The van der Waals surface area contributed by atoms with E-state index in [1.54, 1.807) is 60.7 Å². The minimum atomic E-state index is -4.06. The smallest absolute Gasteiger partial charge is 0.224 e. The molecule has 3 aromatic carbocycles. The van der Waals surface area contributed by atoms with Crippen molar-refractivity contribution in [1.82, 2.24) is 4.41 Å². The van der Waals surface area contributed by atoms with Crippen LogP contribution >= 0.6 is 11.6 Å². The minimum absolute atomic E-state index is 0.0620. The molecule has 172 valence electrons. The van der Waals surface area contributed by atoms with Crippen LogP contribution in [0.1, 0.15) is 23.1 Å². The molecule has 1 aliphatic heterocycles. The monoisotopic (exact) mass is 502 g/mol. The van der Waals surface area contributed by atoms with Gasteiger partial charge in [0.2, 0.25) is 0 Å². The van der Waals surface area contributed by atoms with Crippen LogP contribution in [-0.2, 0) is 19.9 Å². The van der Waals surface area contributed by atoms with E-state index in [4.69, 9.17) is 11.6 Å². The molecule has 0 N–H and O–H groups in total. The van der Waals surface area contributed by atoms with Crippen LogP contribution < -0.4 is 0 Å². The molecule has 0 aromatic heterocycles. The van der Waals surface area contributed by atoms with Crippen molar-refractivity contribution in [3.05, 3.63) is 94.5 Å². The number of halogens is 1. The first-order valence-corrected chi connectivity index (χ1v) is 13.8. The highest BCUT2D eigenvalue weighted by Gasteiger charge is 2.39. The second-order valence-corrected chi connectivity index (χ2v) is 12.4. The molecule has 1 heterocycles. The van der Waals surface area contributed by atoms with Gasteiger partial charge in [-0.15, -0.1) is 0 Å². The fourth-order valence-electron chi connectivity index (χ4n) is 3.65. The Balaban J connectivity index is 1.73.